The Morgan fingerprint density at radius 2 is 1.83 bits per heavy atom. The highest BCUT2D eigenvalue weighted by Gasteiger charge is 2.47. The van der Waals surface area contributed by atoms with Gasteiger partial charge >= 0.3 is 5.97 Å². The minimum atomic E-state index is -2.21. The predicted molar refractivity (Wildman–Crippen MR) is 74.2 cm³/mol. The zero-order valence-corrected chi connectivity index (χ0v) is 12.7. The third kappa shape index (κ3) is 4.60. The van der Waals surface area contributed by atoms with Crippen LogP contribution in [0, 0.1) is 0 Å². The zero-order valence-electron chi connectivity index (χ0n) is 12.7. The molecule has 5 N–H and O–H groups in total. The van der Waals surface area contributed by atoms with E-state index in [-0.39, 0.29) is 6.10 Å². The van der Waals surface area contributed by atoms with Crippen LogP contribution in [0.15, 0.2) is 0 Å². The van der Waals surface area contributed by atoms with Crippen LogP contribution in [0.1, 0.15) is 32.1 Å². The SMILES string of the molecule is O=C(O)C(O)OC1C(O)C(CO)OC(OC2CCCCC2)C1O. The minimum absolute atomic E-state index is 0.122. The summed E-state index contributed by atoms with van der Waals surface area (Å²) in [4.78, 5) is 10.7. The van der Waals surface area contributed by atoms with Crippen LogP contribution in [0.2, 0.25) is 0 Å². The molecule has 0 aromatic rings. The Morgan fingerprint density at radius 1 is 1.17 bits per heavy atom. The van der Waals surface area contributed by atoms with E-state index in [0.717, 1.165) is 32.1 Å². The lowest BCUT2D eigenvalue weighted by molar-refractivity contribution is -0.331. The van der Waals surface area contributed by atoms with Crippen molar-refractivity contribution >= 4 is 5.97 Å². The van der Waals surface area contributed by atoms with Crippen molar-refractivity contribution in [2.75, 3.05) is 6.61 Å². The second-order valence-electron chi connectivity index (χ2n) is 5.89. The fraction of sp³-hybridized carbons (Fsp3) is 0.929. The van der Waals surface area contributed by atoms with Crippen molar-refractivity contribution < 1.29 is 44.5 Å². The molecule has 134 valence electrons. The third-order valence-corrected chi connectivity index (χ3v) is 4.20. The van der Waals surface area contributed by atoms with Gasteiger partial charge in [-0.05, 0) is 12.8 Å². The van der Waals surface area contributed by atoms with Gasteiger partial charge in [0.15, 0.2) is 6.29 Å². The number of hydrogen-bond acceptors (Lipinski definition) is 8. The molecule has 1 saturated carbocycles. The van der Waals surface area contributed by atoms with Crippen molar-refractivity contribution in [3.63, 3.8) is 0 Å². The molecule has 23 heavy (non-hydrogen) atoms. The predicted octanol–water partition coefficient (Wildman–Crippen LogP) is -1.44. The molecule has 9 nitrogen and oxygen atoms in total. The molecule has 6 unspecified atom stereocenters. The minimum Gasteiger partial charge on any atom is -0.477 e. The molecule has 2 fully saturated rings. The summed E-state index contributed by atoms with van der Waals surface area (Å²) >= 11 is 0. The first kappa shape index (κ1) is 18.5. The quantitative estimate of drug-likeness (QED) is 0.368. The normalized spacial score (nSPS) is 37.5. The van der Waals surface area contributed by atoms with Gasteiger partial charge < -0.3 is 39.7 Å². The second-order valence-corrected chi connectivity index (χ2v) is 5.89. The van der Waals surface area contributed by atoms with E-state index in [2.05, 4.69) is 0 Å². The summed E-state index contributed by atoms with van der Waals surface area (Å²) in [6.45, 7) is -0.568. The maximum atomic E-state index is 10.7. The lowest BCUT2D eigenvalue weighted by Crippen LogP contribution is -2.61. The van der Waals surface area contributed by atoms with E-state index in [4.69, 9.17) is 19.3 Å². The average Bonchev–Trinajstić information content (AvgIpc) is 2.54. The van der Waals surface area contributed by atoms with E-state index in [1.807, 2.05) is 0 Å². The van der Waals surface area contributed by atoms with E-state index in [1.165, 1.54) is 0 Å². The highest BCUT2D eigenvalue weighted by Crippen LogP contribution is 2.29. The molecule has 0 aromatic carbocycles. The first-order valence-electron chi connectivity index (χ1n) is 7.78. The first-order chi connectivity index (χ1) is 10.9. The van der Waals surface area contributed by atoms with Crippen LogP contribution in [-0.4, -0.2) is 81.2 Å². The fourth-order valence-electron chi connectivity index (χ4n) is 2.92. The molecule has 0 aromatic heterocycles. The molecule has 9 heteroatoms. The lowest BCUT2D eigenvalue weighted by Gasteiger charge is -2.43. The van der Waals surface area contributed by atoms with Gasteiger partial charge in [-0.1, -0.05) is 19.3 Å². The molecule has 1 aliphatic carbocycles. The standard InChI is InChI=1S/C14H24O9/c15-6-8-9(16)11(23-13(20)12(18)19)10(17)14(22-8)21-7-4-2-1-3-5-7/h7-11,13-17,20H,1-6H2,(H,18,19). The number of carboxylic acids is 1. The van der Waals surface area contributed by atoms with Gasteiger partial charge in [0, 0.05) is 0 Å². The van der Waals surface area contributed by atoms with Gasteiger partial charge in [0.1, 0.15) is 24.4 Å². The van der Waals surface area contributed by atoms with Crippen molar-refractivity contribution in [3.8, 4) is 0 Å². The van der Waals surface area contributed by atoms with E-state index in [9.17, 15) is 25.2 Å². The number of aliphatic carboxylic acids is 1. The molecule has 1 heterocycles. The monoisotopic (exact) mass is 336 g/mol. The van der Waals surface area contributed by atoms with Crippen molar-refractivity contribution in [1.29, 1.82) is 0 Å². The molecule has 1 aliphatic heterocycles. The van der Waals surface area contributed by atoms with Crippen molar-refractivity contribution in [2.45, 2.75) is 75.2 Å². The highest BCUT2D eigenvalue weighted by molar-refractivity contribution is 5.70. The fourth-order valence-corrected chi connectivity index (χ4v) is 2.92. The topological polar surface area (TPSA) is 146 Å². The Hall–Kier alpha value is -0.810. The molecule has 6 atom stereocenters. The average molecular weight is 336 g/mol. The summed E-state index contributed by atoms with van der Waals surface area (Å²) in [5.41, 5.74) is 0. The number of aliphatic hydroxyl groups excluding tert-OH is 4. The summed E-state index contributed by atoms with van der Waals surface area (Å²) in [6, 6.07) is 0. The van der Waals surface area contributed by atoms with Crippen LogP contribution in [0.3, 0.4) is 0 Å². The number of carbonyl (C=O) groups is 1. The van der Waals surface area contributed by atoms with Gasteiger partial charge in [0.05, 0.1) is 12.7 Å². The summed E-state index contributed by atoms with van der Waals surface area (Å²) in [6.07, 6.45) is -4.36. The van der Waals surface area contributed by atoms with Crippen LogP contribution >= 0.6 is 0 Å². The number of hydrogen-bond donors (Lipinski definition) is 5. The molecule has 0 amide bonds. The number of rotatable bonds is 6. The largest absolute Gasteiger partial charge is 0.477 e. The Bertz CT molecular complexity index is 384. The Morgan fingerprint density at radius 3 is 2.39 bits per heavy atom. The van der Waals surface area contributed by atoms with Gasteiger partial charge in [0.25, 0.3) is 6.29 Å². The summed E-state index contributed by atoms with van der Waals surface area (Å²) in [7, 11) is 0. The van der Waals surface area contributed by atoms with Crippen LogP contribution in [0.4, 0.5) is 0 Å². The Kier molecular flexibility index (Phi) is 6.72. The Balaban J connectivity index is 2.04. The van der Waals surface area contributed by atoms with Crippen molar-refractivity contribution in [2.24, 2.45) is 0 Å². The van der Waals surface area contributed by atoms with Gasteiger partial charge in [0.2, 0.25) is 0 Å². The molecule has 0 bridgehead atoms. The summed E-state index contributed by atoms with van der Waals surface area (Å²) in [5.74, 6) is -1.65. The molecule has 0 radical (unpaired) electrons. The van der Waals surface area contributed by atoms with Crippen LogP contribution in [0.25, 0.3) is 0 Å². The van der Waals surface area contributed by atoms with E-state index in [0.29, 0.717) is 0 Å². The van der Waals surface area contributed by atoms with Gasteiger partial charge in [-0.3, -0.25) is 0 Å². The van der Waals surface area contributed by atoms with Crippen LogP contribution < -0.4 is 0 Å². The zero-order chi connectivity index (χ0) is 17.0. The molecule has 2 rings (SSSR count). The van der Waals surface area contributed by atoms with Gasteiger partial charge in [-0.2, -0.15) is 0 Å². The second kappa shape index (κ2) is 8.34. The number of carboxylic acid groups (broad SMARTS) is 1. The number of ether oxygens (including phenoxy) is 3. The molecule has 1 saturated heterocycles. The molecular formula is C14H24O9. The van der Waals surface area contributed by atoms with Crippen LogP contribution in [-0.2, 0) is 19.0 Å². The molecule has 0 spiro atoms. The smallest absolute Gasteiger partial charge is 0.360 e. The van der Waals surface area contributed by atoms with Gasteiger partial charge in [-0.15, -0.1) is 0 Å². The van der Waals surface area contributed by atoms with Crippen LogP contribution in [0.5, 0.6) is 0 Å². The van der Waals surface area contributed by atoms with E-state index in [1.54, 1.807) is 0 Å². The lowest BCUT2D eigenvalue weighted by atomic mass is 9.96. The maximum absolute atomic E-state index is 10.7. The van der Waals surface area contributed by atoms with E-state index >= 15 is 0 Å². The summed E-state index contributed by atoms with van der Waals surface area (Å²) in [5, 5.41) is 47.5. The third-order valence-electron chi connectivity index (χ3n) is 4.20. The molecular weight excluding hydrogens is 312 g/mol. The molecule has 2 aliphatic rings. The Labute approximate surface area is 133 Å². The summed E-state index contributed by atoms with van der Waals surface area (Å²) < 4.78 is 15.9. The first-order valence-corrected chi connectivity index (χ1v) is 7.78. The highest BCUT2D eigenvalue weighted by atomic mass is 16.7. The van der Waals surface area contributed by atoms with Crippen molar-refractivity contribution in [1.82, 2.24) is 0 Å². The number of aliphatic hydroxyl groups is 4. The van der Waals surface area contributed by atoms with Crippen molar-refractivity contribution in [3.05, 3.63) is 0 Å². The van der Waals surface area contributed by atoms with Gasteiger partial charge in [-0.25, -0.2) is 4.79 Å². The maximum Gasteiger partial charge on any atom is 0.360 e. The van der Waals surface area contributed by atoms with E-state index < -0.39 is 49.6 Å².